The smallest absolute Gasteiger partial charge is 0.267 e. The Morgan fingerprint density at radius 1 is 1.22 bits per heavy atom. The van der Waals surface area contributed by atoms with E-state index in [-0.39, 0.29) is 9.77 Å². The van der Waals surface area contributed by atoms with Crippen LogP contribution in [0.25, 0.3) is 0 Å². The van der Waals surface area contributed by atoms with E-state index in [4.69, 9.17) is 0 Å². The van der Waals surface area contributed by atoms with Gasteiger partial charge in [-0.25, -0.2) is 8.42 Å². The third kappa shape index (κ3) is 3.41. The summed E-state index contributed by atoms with van der Waals surface area (Å²) in [7, 11) is -2.02. The summed E-state index contributed by atoms with van der Waals surface area (Å²) in [4.78, 5) is 12.8. The number of nitrogens with one attached hydrogen (secondary N) is 1. The van der Waals surface area contributed by atoms with Crippen LogP contribution in [0.2, 0.25) is 0 Å². The predicted octanol–water partition coefficient (Wildman–Crippen LogP) is 2.48. The number of carbonyl (C=O) groups excluding carboxylic acids is 1. The average Bonchev–Trinajstić information content (AvgIpc) is 3.31. The Morgan fingerprint density at radius 2 is 2.00 bits per heavy atom. The number of thiophene rings is 1. The number of amides is 1. The van der Waals surface area contributed by atoms with Crippen molar-refractivity contribution in [1.29, 1.82) is 0 Å². The number of aromatic nitrogens is 2. The molecule has 0 atom stereocenters. The number of aryl methyl sites for hydroxylation is 1. The Kier molecular flexibility index (Phi) is 4.58. The van der Waals surface area contributed by atoms with E-state index in [0.29, 0.717) is 25.2 Å². The Balaban J connectivity index is 1.60. The highest BCUT2D eigenvalue weighted by Crippen LogP contribution is 2.29. The summed E-state index contributed by atoms with van der Waals surface area (Å²) in [6, 6.07) is 9.34. The van der Waals surface area contributed by atoms with E-state index < -0.39 is 15.9 Å². The third-order valence-electron chi connectivity index (χ3n) is 4.51. The average molecular weight is 403 g/mol. The van der Waals surface area contributed by atoms with Crippen molar-refractivity contribution >= 4 is 33.0 Å². The number of nitrogens with zero attached hydrogens (tertiary/aromatic N) is 3. The molecule has 3 heterocycles. The van der Waals surface area contributed by atoms with Gasteiger partial charge in [0.15, 0.2) is 0 Å². The van der Waals surface area contributed by atoms with Gasteiger partial charge in [0, 0.05) is 26.3 Å². The van der Waals surface area contributed by atoms with E-state index in [2.05, 4.69) is 10.4 Å². The Morgan fingerprint density at radius 3 is 2.74 bits per heavy atom. The first-order valence-corrected chi connectivity index (χ1v) is 10.7. The molecule has 0 spiro atoms. The highest BCUT2D eigenvalue weighted by Gasteiger charge is 2.32. The lowest BCUT2D eigenvalue weighted by Gasteiger charge is -2.28. The molecule has 4 rings (SSSR count). The van der Waals surface area contributed by atoms with Crippen molar-refractivity contribution in [2.24, 2.45) is 7.05 Å². The fourth-order valence-corrected chi connectivity index (χ4v) is 5.87. The summed E-state index contributed by atoms with van der Waals surface area (Å²) in [6.07, 6.45) is 3.83. The van der Waals surface area contributed by atoms with Gasteiger partial charge in [-0.05, 0) is 29.0 Å². The number of anilines is 1. The SMILES string of the molecule is Cn1cc(NC(=O)c2sccc2S(=O)(=O)N2CCc3ccccc3C2)cn1. The maximum atomic E-state index is 13.2. The second kappa shape index (κ2) is 6.91. The molecule has 0 saturated heterocycles. The topological polar surface area (TPSA) is 84.3 Å². The van der Waals surface area contributed by atoms with Crippen LogP contribution in [-0.2, 0) is 30.0 Å². The lowest BCUT2D eigenvalue weighted by molar-refractivity contribution is 0.102. The molecule has 27 heavy (non-hydrogen) atoms. The molecule has 0 aliphatic carbocycles. The van der Waals surface area contributed by atoms with Crippen LogP contribution in [-0.4, -0.2) is 35.0 Å². The second-order valence-electron chi connectivity index (χ2n) is 6.33. The maximum absolute atomic E-state index is 13.2. The number of hydrogen-bond acceptors (Lipinski definition) is 5. The zero-order valence-corrected chi connectivity index (χ0v) is 16.3. The van der Waals surface area contributed by atoms with Crippen molar-refractivity contribution in [1.82, 2.24) is 14.1 Å². The molecule has 1 aliphatic rings. The molecule has 1 N–H and O–H groups in total. The monoisotopic (exact) mass is 402 g/mol. The van der Waals surface area contributed by atoms with Crippen LogP contribution < -0.4 is 5.32 Å². The number of carbonyl (C=O) groups is 1. The molecular weight excluding hydrogens is 384 g/mol. The highest BCUT2D eigenvalue weighted by atomic mass is 32.2. The molecule has 1 aliphatic heterocycles. The summed E-state index contributed by atoms with van der Waals surface area (Å²) >= 11 is 1.12. The van der Waals surface area contributed by atoms with Crippen molar-refractivity contribution in [3.8, 4) is 0 Å². The molecule has 0 radical (unpaired) electrons. The van der Waals surface area contributed by atoms with Crippen molar-refractivity contribution in [2.75, 3.05) is 11.9 Å². The van der Waals surface area contributed by atoms with Gasteiger partial charge >= 0.3 is 0 Å². The summed E-state index contributed by atoms with van der Waals surface area (Å²) in [5.74, 6) is -0.450. The predicted molar refractivity (Wildman–Crippen MR) is 103 cm³/mol. The van der Waals surface area contributed by atoms with Gasteiger partial charge in [-0.15, -0.1) is 11.3 Å². The zero-order chi connectivity index (χ0) is 19.0. The molecule has 140 valence electrons. The molecule has 1 aromatic carbocycles. The number of sulfonamides is 1. The van der Waals surface area contributed by atoms with Gasteiger partial charge in [-0.3, -0.25) is 9.48 Å². The van der Waals surface area contributed by atoms with Gasteiger partial charge in [-0.1, -0.05) is 24.3 Å². The van der Waals surface area contributed by atoms with Crippen LogP contribution >= 0.6 is 11.3 Å². The zero-order valence-electron chi connectivity index (χ0n) is 14.6. The van der Waals surface area contributed by atoms with Crippen molar-refractivity contribution in [3.63, 3.8) is 0 Å². The summed E-state index contributed by atoms with van der Waals surface area (Å²) < 4.78 is 29.4. The van der Waals surface area contributed by atoms with Crippen molar-refractivity contribution < 1.29 is 13.2 Å². The molecule has 7 nitrogen and oxygen atoms in total. The Bertz CT molecular complexity index is 1100. The molecule has 9 heteroatoms. The first kappa shape index (κ1) is 17.9. The van der Waals surface area contributed by atoms with E-state index in [1.54, 1.807) is 23.3 Å². The molecule has 0 fully saturated rings. The van der Waals surface area contributed by atoms with Crippen molar-refractivity contribution in [2.45, 2.75) is 17.9 Å². The minimum Gasteiger partial charge on any atom is -0.319 e. The van der Waals surface area contributed by atoms with Gasteiger partial charge < -0.3 is 5.32 Å². The van der Waals surface area contributed by atoms with Crippen LogP contribution in [0.4, 0.5) is 5.69 Å². The lowest BCUT2D eigenvalue weighted by atomic mass is 10.0. The van der Waals surface area contributed by atoms with Crippen LogP contribution in [0.15, 0.2) is 53.0 Å². The second-order valence-corrected chi connectivity index (χ2v) is 9.15. The van der Waals surface area contributed by atoms with Crippen molar-refractivity contribution in [3.05, 3.63) is 64.1 Å². The van der Waals surface area contributed by atoms with E-state index in [1.807, 2.05) is 24.3 Å². The van der Waals surface area contributed by atoms with Crippen LogP contribution in [0.3, 0.4) is 0 Å². The van der Waals surface area contributed by atoms with Gasteiger partial charge in [0.25, 0.3) is 5.91 Å². The highest BCUT2D eigenvalue weighted by molar-refractivity contribution is 7.89. The molecule has 2 aromatic heterocycles. The lowest BCUT2D eigenvalue weighted by Crippen LogP contribution is -2.36. The Labute approximate surface area is 161 Å². The van der Waals surface area contributed by atoms with Crippen LogP contribution in [0, 0.1) is 0 Å². The van der Waals surface area contributed by atoms with Gasteiger partial charge in [0.2, 0.25) is 10.0 Å². The fourth-order valence-electron chi connectivity index (χ4n) is 3.15. The summed E-state index contributed by atoms with van der Waals surface area (Å²) in [5.41, 5.74) is 2.69. The first-order chi connectivity index (χ1) is 12.9. The third-order valence-corrected chi connectivity index (χ3v) is 7.44. The fraction of sp³-hybridized carbons (Fsp3) is 0.222. The number of benzene rings is 1. The molecule has 3 aromatic rings. The summed E-state index contributed by atoms with van der Waals surface area (Å²) in [5, 5.41) is 8.33. The molecule has 1 amide bonds. The molecule has 0 unspecified atom stereocenters. The largest absolute Gasteiger partial charge is 0.319 e. The van der Waals surface area contributed by atoms with Gasteiger partial charge in [0.1, 0.15) is 9.77 Å². The summed E-state index contributed by atoms with van der Waals surface area (Å²) in [6.45, 7) is 0.719. The van der Waals surface area contributed by atoms with E-state index in [0.717, 1.165) is 16.9 Å². The minimum atomic E-state index is -3.76. The van der Waals surface area contributed by atoms with E-state index >= 15 is 0 Å². The van der Waals surface area contributed by atoms with Gasteiger partial charge in [-0.2, -0.15) is 9.40 Å². The maximum Gasteiger partial charge on any atom is 0.267 e. The van der Waals surface area contributed by atoms with Crippen LogP contribution in [0.1, 0.15) is 20.8 Å². The Hall–Kier alpha value is -2.49. The minimum absolute atomic E-state index is 0.0493. The first-order valence-electron chi connectivity index (χ1n) is 8.39. The van der Waals surface area contributed by atoms with E-state index in [9.17, 15) is 13.2 Å². The number of hydrogen-bond donors (Lipinski definition) is 1. The normalized spacial score (nSPS) is 14.7. The number of rotatable bonds is 4. The number of fused-ring (bicyclic) bond motifs is 1. The van der Waals surface area contributed by atoms with E-state index in [1.165, 1.54) is 22.1 Å². The molecule has 0 bridgehead atoms. The van der Waals surface area contributed by atoms with Gasteiger partial charge in [0.05, 0.1) is 11.9 Å². The molecule has 0 saturated carbocycles. The van der Waals surface area contributed by atoms with Crippen LogP contribution in [0.5, 0.6) is 0 Å². The quantitative estimate of drug-likeness (QED) is 0.727. The molecular formula is C18H18N4O3S2. The standard InChI is InChI=1S/C18H18N4O3S2/c1-21-12-15(10-19-21)20-18(23)17-16(7-9-26-17)27(24,25)22-8-6-13-4-2-3-5-14(13)11-22/h2-5,7,9-10,12H,6,8,11H2,1H3,(H,20,23).